The zero-order chi connectivity index (χ0) is 14.5. The number of halogens is 1. The average Bonchev–Trinajstić information content (AvgIpc) is 2.96. The Morgan fingerprint density at radius 1 is 1.35 bits per heavy atom. The van der Waals surface area contributed by atoms with Crippen molar-refractivity contribution in [2.75, 3.05) is 18.9 Å². The molecule has 1 N–H and O–H groups in total. The Labute approximate surface area is 122 Å². The van der Waals surface area contributed by atoms with Crippen molar-refractivity contribution in [3.05, 3.63) is 52.0 Å². The van der Waals surface area contributed by atoms with E-state index < -0.39 is 5.82 Å². The topological polar surface area (TPSA) is 32.3 Å². The van der Waals surface area contributed by atoms with E-state index in [4.69, 9.17) is 0 Å². The third-order valence-electron chi connectivity index (χ3n) is 3.09. The summed E-state index contributed by atoms with van der Waals surface area (Å²) in [5.41, 5.74) is 0.619. The van der Waals surface area contributed by atoms with Crippen LogP contribution < -0.4 is 5.32 Å². The molecule has 2 rings (SSSR count). The molecular formula is C15H17FN2OS. The molecule has 5 heteroatoms. The summed E-state index contributed by atoms with van der Waals surface area (Å²) in [4.78, 5) is 15.4. The van der Waals surface area contributed by atoms with Crippen LogP contribution in [0.15, 0.2) is 35.7 Å². The first-order valence-electron chi connectivity index (χ1n) is 6.45. The number of thiophene rings is 1. The van der Waals surface area contributed by atoms with E-state index in [-0.39, 0.29) is 11.6 Å². The van der Waals surface area contributed by atoms with Crippen LogP contribution in [0.5, 0.6) is 0 Å². The van der Waals surface area contributed by atoms with Gasteiger partial charge in [-0.3, -0.25) is 4.79 Å². The van der Waals surface area contributed by atoms with E-state index in [2.05, 4.69) is 5.32 Å². The molecule has 0 bridgehead atoms. The fraction of sp³-hybridized carbons (Fsp3) is 0.267. The third kappa shape index (κ3) is 2.99. The van der Waals surface area contributed by atoms with Gasteiger partial charge in [0.2, 0.25) is 0 Å². The minimum absolute atomic E-state index is 0.162. The number of nitrogens with one attached hydrogen (secondary N) is 1. The van der Waals surface area contributed by atoms with Gasteiger partial charge in [-0.25, -0.2) is 4.39 Å². The Bertz CT molecular complexity index is 584. The predicted molar refractivity (Wildman–Crippen MR) is 80.7 cm³/mol. The predicted octanol–water partition coefficient (Wildman–Crippen LogP) is 3.59. The molecule has 1 aromatic carbocycles. The highest BCUT2D eigenvalue weighted by Crippen LogP contribution is 2.22. The van der Waals surface area contributed by atoms with Crippen molar-refractivity contribution in [2.24, 2.45) is 0 Å². The Kier molecular flexibility index (Phi) is 4.74. The van der Waals surface area contributed by atoms with Crippen LogP contribution in [0.1, 0.15) is 22.2 Å². The third-order valence-corrected chi connectivity index (χ3v) is 3.95. The summed E-state index contributed by atoms with van der Waals surface area (Å²) >= 11 is 1.61. The number of rotatable bonds is 5. The molecule has 0 aliphatic heterocycles. The molecule has 0 fully saturated rings. The second-order valence-corrected chi connectivity index (χ2v) is 5.34. The van der Waals surface area contributed by atoms with E-state index in [1.807, 2.05) is 24.4 Å². The van der Waals surface area contributed by atoms with Gasteiger partial charge in [-0.1, -0.05) is 12.1 Å². The number of benzene rings is 1. The van der Waals surface area contributed by atoms with Crippen molar-refractivity contribution in [3.8, 4) is 0 Å². The van der Waals surface area contributed by atoms with Crippen molar-refractivity contribution >= 4 is 22.9 Å². The maximum absolute atomic E-state index is 13.7. The molecule has 0 saturated carbocycles. The second kappa shape index (κ2) is 6.52. The highest BCUT2D eigenvalue weighted by molar-refractivity contribution is 7.09. The van der Waals surface area contributed by atoms with Crippen LogP contribution in [0.25, 0.3) is 0 Å². The largest absolute Gasteiger partial charge is 0.385 e. The van der Waals surface area contributed by atoms with Gasteiger partial charge in [-0.05, 0) is 30.5 Å². The van der Waals surface area contributed by atoms with Crippen LogP contribution in [0, 0.1) is 5.82 Å². The summed E-state index contributed by atoms with van der Waals surface area (Å²) in [7, 11) is 1.62. The molecule has 0 atom stereocenters. The van der Waals surface area contributed by atoms with Crippen molar-refractivity contribution < 1.29 is 9.18 Å². The molecule has 1 amide bonds. The lowest BCUT2D eigenvalue weighted by Crippen LogP contribution is -2.30. The van der Waals surface area contributed by atoms with Crippen LogP contribution in [-0.2, 0) is 6.54 Å². The van der Waals surface area contributed by atoms with E-state index >= 15 is 0 Å². The molecular weight excluding hydrogens is 275 g/mol. The number of amides is 1. The number of hydrogen-bond acceptors (Lipinski definition) is 3. The number of hydrogen-bond donors (Lipinski definition) is 1. The standard InChI is InChI=1S/C15H17FN2OS/c1-3-18(10-11-6-5-9-20-11)15(19)12-7-4-8-13(16)14(12)17-2/h4-9,17H,3,10H2,1-2H3. The molecule has 0 saturated heterocycles. The van der Waals surface area contributed by atoms with Gasteiger partial charge in [0.15, 0.2) is 0 Å². The lowest BCUT2D eigenvalue weighted by molar-refractivity contribution is 0.0754. The Balaban J connectivity index is 2.27. The van der Waals surface area contributed by atoms with Crippen molar-refractivity contribution in [2.45, 2.75) is 13.5 Å². The molecule has 106 valence electrons. The summed E-state index contributed by atoms with van der Waals surface area (Å²) in [5.74, 6) is -0.574. The van der Waals surface area contributed by atoms with E-state index in [1.54, 1.807) is 35.4 Å². The average molecular weight is 292 g/mol. The van der Waals surface area contributed by atoms with Crippen molar-refractivity contribution in [1.29, 1.82) is 0 Å². The van der Waals surface area contributed by atoms with E-state index in [0.717, 1.165) is 4.88 Å². The minimum Gasteiger partial charge on any atom is -0.385 e. The zero-order valence-corrected chi connectivity index (χ0v) is 12.3. The van der Waals surface area contributed by atoms with Crippen molar-refractivity contribution in [1.82, 2.24) is 4.90 Å². The SMILES string of the molecule is CCN(Cc1cccs1)C(=O)c1cccc(F)c1NC. The molecule has 1 aromatic heterocycles. The molecule has 0 aliphatic rings. The quantitative estimate of drug-likeness (QED) is 0.913. The van der Waals surface area contributed by atoms with Gasteiger partial charge < -0.3 is 10.2 Å². The van der Waals surface area contributed by atoms with Crippen molar-refractivity contribution in [3.63, 3.8) is 0 Å². The van der Waals surface area contributed by atoms with E-state index in [0.29, 0.717) is 18.7 Å². The second-order valence-electron chi connectivity index (χ2n) is 4.31. The highest BCUT2D eigenvalue weighted by atomic mass is 32.1. The first-order valence-corrected chi connectivity index (χ1v) is 7.33. The van der Waals surface area contributed by atoms with Gasteiger partial charge in [0.05, 0.1) is 17.8 Å². The van der Waals surface area contributed by atoms with Gasteiger partial charge in [0, 0.05) is 18.5 Å². The number of para-hydroxylation sites is 1. The maximum Gasteiger partial charge on any atom is 0.256 e. The first-order chi connectivity index (χ1) is 9.67. The molecule has 0 unspecified atom stereocenters. The fourth-order valence-electron chi connectivity index (χ4n) is 2.04. The fourth-order valence-corrected chi connectivity index (χ4v) is 2.76. The zero-order valence-electron chi connectivity index (χ0n) is 11.5. The van der Waals surface area contributed by atoms with Gasteiger partial charge >= 0.3 is 0 Å². The van der Waals surface area contributed by atoms with Crippen LogP contribution in [0.4, 0.5) is 10.1 Å². The van der Waals surface area contributed by atoms with Crippen LogP contribution in [0.2, 0.25) is 0 Å². The smallest absolute Gasteiger partial charge is 0.256 e. The number of carbonyl (C=O) groups excluding carboxylic acids is 1. The minimum atomic E-state index is -0.412. The summed E-state index contributed by atoms with van der Waals surface area (Å²) in [5, 5.41) is 4.74. The summed E-state index contributed by atoms with van der Waals surface area (Å²) in [6.07, 6.45) is 0. The Morgan fingerprint density at radius 3 is 2.75 bits per heavy atom. The molecule has 3 nitrogen and oxygen atoms in total. The summed E-state index contributed by atoms with van der Waals surface area (Å²) in [6.45, 7) is 3.05. The van der Waals surface area contributed by atoms with E-state index in [1.165, 1.54) is 6.07 Å². The molecule has 0 radical (unpaired) electrons. The lowest BCUT2D eigenvalue weighted by atomic mass is 10.1. The van der Waals surface area contributed by atoms with Gasteiger partial charge in [0.1, 0.15) is 5.82 Å². The van der Waals surface area contributed by atoms with E-state index in [9.17, 15) is 9.18 Å². The summed E-state index contributed by atoms with van der Waals surface area (Å²) in [6, 6.07) is 8.50. The molecule has 1 heterocycles. The Hall–Kier alpha value is -1.88. The number of nitrogens with zero attached hydrogens (tertiary/aromatic N) is 1. The first kappa shape index (κ1) is 14.5. The number of anilines is 1. The molecule has 0 aliphatic carbocycles. The molecule has 2 aromatic rings. The summed E-state index contributed by atoms with van der Waals surface area (Å²) < 4.78 is 13.7. The maximum atomic E-state index is 13.7. The number of carbonyl (C=O) groups is 1. The molecule has 0 spiro atoms. The van der Waals surface area contributed by atoms with Gasteiger partial charge in [-0.2, -0.15) is 0 Å². The van der Waals surface area contributed by atoms with Gasteiger partial charge in [0.25, 0.3) is 5.91 Å². The Morgan fingerprint density at radius 2 is 2.15 bits per heavy atom. The highest BCUT2D eigenvalue weighted by Gasteiger charge is 2.19. The van der Waals surface area contributed by atoms with Crippen LogP contribution >= 0.6 is 11.3 Å². The molecule has 20 heavy (non-hydrogen) atoms. The van der Waals surface area contributed by atoms with Gasteiger partial charge in [-0.15, -0.1) is 11.3 Å². The lowest BCUT2D eigenvalue weighted by Gasteiger charge is -2.21. The van der Waals surface area contributed by atoms with Crippen LogP contribution in [-0.4, -0.2) is 24.4 Å². The monoisotopic (exact) mass is 292 g/mol. The van der Waals surface area contributed by atoms with Crippen LogP contribution in [0.3, 0.4) is 0 Å². The normalized spacial score (nSPS) is 10.3.